The van der Waals surface area contributed by atoms with E-state index in [1.54, 1.807) is 11.3 Å². The van der Waals surface area contributed by atoms with E-state index in [-0.39, 0.29) is 5.54 Å². The van der Waals surface area contributed by atoms with Crippen LogP contribution in [0.4, 0.5) is 0 Å². The Balaban J connectivity index is 2.48. The third-order valence-corrected chi connectivity index (χ3v) is 4.10. The van der Waals surface area contributed by atoms with Crippen LogP contribution in [0.1, 0.15) is 32.3 Å². The van der Waals surface area contributed by atoms with Crippen molar-refractivity contribution in [3.8, 4) is 0 Å². The number of rotatable bonds is 6. The number of thiophene rings is 1. The second-order valence-electron chi connectivity index (χ2n) is 3.61. The summed E-state index contributed by atoms with van der Waals surface area (Å²) in [6.45, 7) is 5.30. The molecule has 0 aliphatic carbocycles. The molecular weight excluding hydrogens is 214 g/mol. The van der Waals surface area contributed by atoms with E-state index in [1.165, 1.54) is 5.56 Å². The van der Waals surface area contributed by atoms with Crippen LogP contribution in [0.15, 0.2) is 16.8 Å². The van der Waals surface area contributed by atoms with Crippen LogP contribution in [-0.2, 0) is 6.54 Å². The van der Waals surface area contributed by atoms with Crippen LogP contribution in [0, 0.1) is 0 Å². The first kappa shape index (κ1) is 12.0. The predicted octanol–water partition coefficient (Wildman–Crippen LogP) is 3.64. The van der Waals surface area contributed by atoms with E-state index < -0.39 is 0 Å². The number of hydrogen-bond donors (Lipinski definition) is 1. The van der Waals surface area contributed by atoms with Gasteiger partial charge in [-0.1, -0.05) is 13.8 Å². The van der Waals surface area contributed by atoms with Crippen LogP contribution in [-0.4, -0.2) is 11.4 Å². The highest BCUT2D eigenvalue weighted by Gasteiger charge is 2.23. The number of nitrogens with one attached hydrogen (secondary N) is 1. The fourth-order valence-electron chi connectivity index (χ4n) is 1.42. The summed E-state index contributed by atoms with van der Waals surface area (Å²) in [5.41, 5.74) is 1.47. The Morgan fingerprint density at radius 2 is 2.14 bits per heavy atom. The molecule has 0 aromatic carbocycles. The molecule has 0 aliphatic heterocycles. The van der Waals surface area contributed by atoms with Crippen molar-refractivity contribution in [2.75, 3.05) is 5.88 Å². The van der Waals surface area contributed by atoms with E-state index in [0.29, 0.717) is 5.88 Å². The largest absolute Gasteiger partial charge is 0.306 e. The Labute approximate surface area is 95.5 Å². The van der Waals surface area contributed by atoms with E-state index in [4.69, 9.17) is 11.6 Å². The van der Waals surface area contributed by atoms with E-state index in [2.05, 4.69) is 36.0 Å². The summed E-state index contributed by atoms with van der Waals surface area (Å²) in [7, 11) is 0. The minimum Gasteiger partial charge on any atom is -0.306 e. The molecule has 1 aromatic rings. The molecule has 1 heterocycles. The first-order chi connectivity index (χ1) is 6.76. The zero-order valence-corrected chi connectivity index (χ0v) is 10.4. The first-order valence-electron chi connectivity index (χ1n) is 5.08. The van der Waals surface area contributed by atoms with Gasteiger partial charge in [-0.25, -0.2) is 0 Å². The van der Waals surface area contributed by atoms with Gasteiger partial charge in [-0.05, 0) is 35.2 Å². The Morgan fingerprint density at radius 3 is 2.57 bits per heavy atom. The summed E-state index contributed by atoms with van der Waals surface area (Å²) in [6.07, 6.45) is 2.16. The quantitative estimate of drug-likeness (QED) is 0.738. The first-order valence-corrected chi connectivity index (χ1v) is 6.56. The van der Waals surface area contributed by atoms with Crippen molar-refractivity contribution in [1.29, 1.82) is 0 Å². The molecule has 0 radical (unpaired) electrons. The molecule has 0 atom stereocenters. The standard InChI is InChI=1S/C11H18ClNS/c1-3-11(4-2,9-12)13-7-10-5-6-14-8-10/h5-6,8,13H,3-4,7,9H2,1-2H3. The molecule has 80 valence electrons. The fraction of sp³-hybridized carbons (Fsp3) is 0.636. The second-order valence-corrected chi connectivity index (χ2v) is 4.65. The third-order valence-electron chi connectivity index (χ3n) is 2.86. The van der Waals surface area contributed by atoms with Crippen molar-refractivity contribution >= 4 is 22.9 Å². The van der Waals surface area contributed by atoms with E-state index >= 15 is 0 Å². The molecule has 1 aromatic heterocycles. The average molecular weight is 232 g/mol. The Morgan fingerprint density at radius 1 is 1.43 bits per heavy atom. The Kier molecular flexibility index (Phi) is 4.93. The minimum absolute atomic E-state index is 0.115. The van der Waals surface area contributed by atoms with Gasteiger partial charge in [0, 0.05) is 18.0 Å². The summed E-state index contributed by atoms with van der Waals surface area (Å²) < 4.78 is 0. The Bertz CT molecular complexity index is 234. The summed E-state index contributed by atoms with van der Waals surface area (Å²) in [5.74, 6) is 0.685. The fourth-order valence-corrected chi connectivity index (χ4v) is 2.56. The maximum Gasteiger partial charge on any atom is 0.0405 e. The Hall–Kier alpha value is -0.0500. The number of alkyl halides is 1. The van der Waals surface area contributed by atoms with Crippen molar-refractivity contribution < 1.29 is 0 Å². The van der Waals surface area contributed by atoms with Gasteiger partial charge in [0.05, 0.1) is 0 Å². The summed E-state index contributed by atoms with van der Waals surface area (Å²) in [5, 5.41) is 7.85. The van der Waals surface area contributed by atoms with Gasteiger partial charge in [0.15, 0.2) is 0 Å². The zero-order valence-electron chi connectivity index (χ0n) is 8.85. The molecule has 0 saturated carbocycles. The highest BCUT2D eigenvalue weighted by atomic mass is 35.5. The maximum atomic E-state index is 6.00. The molecule has 0 unspecified atom stereocenters. The SMILES string of the molecule is CCC(CC)(CCl)NCc1ccsc1. The average Bonchev–Trinajstić information content (AvgIpc) is 2.74. The molecule has 0 spiro atoms. The molecule has 1 N–H and O–H groups in total. The van der Waals surface area contributed by atoms with Crippen LogP contribution in [0.5, 0.6) is 0 Å². The van der Waals surface area contributed by atoms with Gasteiger partial charge in [-0.3, -0.25) is 0 Å². The lowest BCUT2D eigenvalue weighted by Gasteiger charge is -2.30. The molecule has 3 heteroatoms. The van der Waals surface area contributed by atoms with Crippen LogP contribution >= 0.6 is 22.9 Å². The third kappa shape index (κ3) is 2.97. The summed E-state index contributed by atoms with van der Waals surface area (Å²) in [4.78, 5) is 0. The normalized spacial score (nSPS) is 11.9. The summed E-state index contributed by atoms with van der Waals surface area (Å²) >= 11 is 7.74. The van der Waals surface area contributed by atoms with E-state index in [9.17, 15) is 0 Å². The van der Waals surface area contributed by atoms with Gasteiger partial charge in [0.2, 0.25) is 0 Å². The topological polar surface area (TPSA) is 12.0 Å². The van der Waals surface area contributed by atoms with Crippen molar-refractivity contribution in [2.24, 2.45) is 0 Å². The van der Waals surface area contributed by atoms with Gasteiger partial charge in [-0.2, -0.15) is 11.3 Å². The van der Waals surface area contributed by atoms with Gasteiger partial charge >= 0.3 is 0 Å². The van der Waals surface area contributed by atoms with Crippen LogP contribution in [0.2, 0.25) is 0 Å². The number of halogens is 1. The summed E-state index contributed by atoms with van der Waals surface area (Å²) in [6, 6.07) is 2.15. The lowest BCUT2D eigenvalue weighted by Crippen LogP contribution is -2.45. The zero-order chi connectivity index (χ0) is 10.4. The predicted molar refractivity (Wildman–Crippen MR) is 65.2 cm³/mol. The molecule has 0 amide bonds. The van der Waals surface area contributed by atoms with Crippen LogP contribution in [0.3, 0.4) is 0 Å². The molecule has 1 rings (SSSR count). The van der Waals surface area contributed by atoms with E-state index in [0.717, 1.165) is 19.4 Å². The second kappa shape index (κ2) is 5.74. The molecule has 0 aliphatic rings. The smallest absolute Gasteiger partial charge is 0.0405 e. The van der Waals surface area contributed by atoms with Gasteiger partial charge in [-0.15, -0.1) is 11.6 Å². The lowest BCUT2D eigenvalue weighted by atomic mass is 9.95. The highest BCUT2D eigenvalue weighted by Crippen LogP contribution is 2.18. The van der Waals surface area contributed by atoms with Gasteiger partial charge < -0.3 is 5.32 Å². The molecule has 0 fully saturated rings. The van der Waals surface area contributed by atoms with Crippen molar-refractivity contribution in [3.05, 3.63) is 22.4 Å². The van der Waals surface area contributed by atoms with Gasteiger partial charge in [0.25, 0.3) is 0 Å². The molecule has 0 bridgehead atoms. The molecule has 0 saturated heterocycles. The molecule has 1 nitrogen and oxygen atoms in total. The monoisotopic (exact) mass is 231 g/mol. The van der Waals surface area contributed by atoms with Crippen molar-refractivity contribution in [2.45, 2.75) is 38.8 Å². The highest BCUT2D eigenvalue weighted by molar-refractivity contribution is 7.07. The molecule has 14 heavy (non-hydrogen) atoms. The van der Waals surface area contributed by atoms with E-state index in [1.807, 2.05) is 0 Å². The number of hydrogen-bond acceptors (Lipinski definition) is 2. The van der Waals surface area contributed by atoms with Crippen LogP contribution in [0.25, 0.3) is 0 Å². The lowest BCUT2D eigenvalue weighted by molar-refractivity contribution is 0.334. The maximum absolute atomic E-state index is 6.00. The molecular formula is C11H18ClNS. The van der Waals surface area contributed by atoms with Crippen LogP contribution < -0.4 is 5.32 Å². The van der Waals surface area contributed by atoms with Crippen molar-refractivity contribution in [3.63, 3.8) is 0 Å². The minimum atomic E-state index is 0.115. The van der Waals surface area contributed by atoms with Gasteiger partial charge in [0.1, 0.15) is 0 Å². The van der Waals surface area contributed by atoms with Crippen molar-refractivity contribution in [1.82, 2.24) is 5.32 Å².